The Morgan fingerprint density at radius 2 is 2.29 bits per heavy atom. The number of anilines is 1. The highest BCUT2D eigenvalue weighted by Gasteiger charge is 2.26. The topological polar surface area (TPSA) is 83.6 Å². The monoisotopic (exact) mass is 251 g/mol. The number of aromatic nitrogens is 4. The molecule has 1 aliphatic rings. The van der Waals surface area contributed by atoms with E-state index in [1.165, 1.54) is 6.33 Å². The molecular formula is C10H10ClN5O. The third-order valence-corrected chi connectivity index (χ3v) is 3.23. The largest absolute Gasteiger partial charge is 0.341 e. The number of aromatic amines is 1. The minimum absolute atomic E-state index is 0.0396. The average Bonchev–Trinajstić information content (AvgIpc) is 2.62. The Balaban J connectivity index is 1.86. The summed E-state index contributed by atoms with van der Waals surface area (Å²) in [6.45, 7) is 0. The van der Waals surface area contributed by atoms with E-state index in [4.69, 9.17) is 11.6 Å². The van der Waals surface area contributed by atoms with E-state index < -0.39 is 0 Å². The summed E-state index contributed by atoms with van der Waals surface area (Å²) in [5, 5.41) is 2.93. The van der Waals surface area contributed by atoms with Crippen LogP contribution in [0.1, 0.15) is 19.3 Å². The maximum absolute atomic E-state index is 11.7. The molecule has 3 rings (SSSR count). The van der Waals surface area contributed by atoms with Gasteiger partial charge in [0.15, 0.2) is 10.8 Å². The molecule has 0 saturated heterocycles. The van der Waals surface area contributed by atoms with Crippen molar-refractivity contribution in [3.8, 4) is 0 Å². The third kappa shape index (κ3) is 1.84. The lowest BCUT2D eigenvalue weighted by Crippen LogP contribution is -2.28. The molecule has 2 N–H and O–H groups in total. The number of rotatable bonds is 2. The molecule has 88 valence electrons. The normalized spacial score (nSPS) is 15.8. The second kappa shape index (κ2) is 3.96. The van der Waals surface area contributed by atoms with Crippen molar-refractivity contribution in [2.45, 2.75) is 19.3 Å². The van der Waals surface area contributed by atoms with E-state index in [0.29, 0.717) is 11.2 Å². The van der Waals surface area contributed by atoms with E-state index in [-0.39, 0.29) is 22.9 Å². The highest BCUT2D eigenvalue weighted by atomic mass is 35.5. The van der Waals surface area contributed by atoms with Crippen LogP contribution in [0.5, 0.6) is 0 Å². The maximum Gasteiger partial charge on any atom is 0.233 e. The van der Waals surface area contributed by atoms with E-state index in [1.807, 2.05) is 0 Å². The van der Waals surface area contributed by atoms with Crippen molar-refractivity contribution in [2.75, 3.05) is 5.32 Å². The molecule has 0 aliphatic heterocycles. The molecule has 1 aliphatic carbocycles. The number of nitrogens with one attached hydrogen (secondary N) is 2. The fourth-order valence-electron chi connectivity index (χ4n) is 1.74. The standard InChI is InChI=1S/C10H10ClN5O/c11-7-6-8(13-4-12-6)15-10(14-7)16-9(17)5-2-1-3-5/h4-5H,1-3H2,(H2,12,13,14,15,16,17). The van der Waals surface area contributed by atoms with E-state index in [9.17, 15) is 4.79 Å². The number of amides is 1. The summed E-state index contributed by atoms with van der Waals surface area (Å²) in [6, 6.07) is 0. The van der Waals surface area contributed by atoms with E-state index in [1.54, 1.807) is 0 Å². The van der Waals surface area contributed by atoms with Gasteiger partial charge in [-0.05, 0) is 12.8 Å². The SMILES string of the molecule is O=C(Nc1nc(Cl)c2[nH]cnc2n1)C1CCC1. The smallest absolute Gasteiger partial charge is 0.233 e. The van der Waals surface area contributed by atoms with Crippen LogP contribution in [-0.4, -0.2) is 25.8 Å². The molecule has 1 fully saturated rings. The Hall–Kier alpha value is -1.69. The maximum atomic E-state index is 11.7. The van der Waals surface area contributed by atoms with Crippen molar-refractivity contribution in [1.29, 1.82) is 0 Å². The van der Waals surface area contributed by atoms with Gasteiger partial charge in [0.25, 0.3) is 0 Å². The van der Waals surface area contributed by atoms with Crippen LogP contribution in [0.4, 0.5) is 5.95 Å². The van der Waals surface area contributed by atoms with Gasteiger partial charge in [-0.3, -0.25) is 10.1 Å². The summed E-state index contributed by atoms with van der Waals surface area (Å²) in [7, 11) is 0. The highest BCUT2D eigenvalue weighted by molar-refractivity contribution is 6.33. The molecule has 2 aromatic rings. The fraction of sp³-hybridized carbons (Fsp3) is 0.400. The van der Waals surface area contributed by atoms with Crippen LogP contribution in [0.3, 0.4) is 0 Å². The molecule has 0 unspecified atom stereocenters. The number of imidazole rings is 1. The molecule has 0 spiro atoms. The Labute approximate surface area is 102 Å². The van der Waals surface area contributed by atoms with Gasteiger partial charge in [0, 0.05) is 5.92 Å². The Morgan fingerprint density at radius 1 is 1.47 bits per heavy atom. The van der Waals surface area contributed by atoms with Crippen molar-refractivity contribution in [3.05, 3.63) is 11.5 Å². The van der Waals surface area contributed by atoms with E-state index in [0.717, 1.165) is 19.3 Å². The minimum atomic E-state index is -0.0396. The van der Waals surface area contributed by atoms with Gasteiger partial charge < -0.3 is 4.98 Å². The van der Waals surface area contributed by atoms with Gasteiger partial charge in [-0.25, -0.2) is 4.98 Å². The van der Waals surface area contributed by atoms with Crippen molar-refractivity contribution in [1.82, 2.24) is 19.9 Å². The summed E-state index contributed by atoms with van der Waals surface area (Å²) >= 11 is 5.94. The lowest BCUT2D eigenvalue weighted by Gasteiger charge is -2.23. The quantitative estimate of drug-likeness (QED) is 0.797. The van der Waals surface area contributed by atoms with Crippen LogP contribution < -0.4 is 5.32 Å². The van der Waals surface area contributed by atoms with Gasteiger partial charge in [-0.2, -0.15) is 9.97 Å². The number of hydrogen-bond donors (Lipinski definition) is 2. The van der Waals surface area contributed by atoms with Crippen LogP contribution in [0.2, 0.25) is 5.15 Å². The zero-order valence-corrected chi connectivity index (χ0v) is 9.66. The Bertz CT molecular complexity index is 577. The molecule has 0 aromatic carbocycles. The number of nitrogens with zero attached hydrogens (tertiary/aromatic N) is 3. The van der Waals surface area contributed by atoms with Crippen molar-refractivity contribution < 1.29 is 4.79 Å². The zero-order chi connectivity index (χ0) is 11.8. The van der Waals surface area contributed by atoms with Crippen molar-refractivity contribution in [2.24, 2.45) is 5.92 Å². The number of hydrogen-bond acceptors (Lipinski definition) is 4. The summed E-state index contributed by atoms with van der Waals surface area (Å²) in [4.78, 5) is 26.6. The van der Waals surface area contributed by atoms with Crippen LogP contribution in [0, 0.1) is 5.92 Å². The zero-order valence-electron chi connectivity index (χ0n) is 8.90. The number of carbonyl (C=O) groups excluding carboxylic acids is 1. The summed E-state index contributed by atoms with van der Waals surface area (Å²) in [5.74, 6) is 0.265. The molecule has 0 radical (unpaired) electrons. The van der Waals surface area contributed by atoms with Crippen molar-refractivity contribution >= 4 is 34.6 Å². The van der Waals surface area contributed by atoms with Crippen LogP contribution in [0.15, 0.2) is 6.33 Å². The van der Waals surface area contributed by atoms with Gasteiger partial charge in [-0.15, -0.1) is 0 Å². The van der Waals surface area contributed by atoms with Crippen LogP contribution in [0.25, 0.3) is 11.2 Å². The van der Waals surface area contributed by atoms with Gasteiger partial charge in [0.05, 0.1) is 6.33 Å². The number of carbonyl (C=O) groups is 1. The highest BCUT2D eigenvalue weighted by Crippen LogP contribution is 2.27. The molecule has 1 amide bonds. The number of fused-ring (bicyclic) bond motifs is 1. The van der Waals surface area contributed by atoms with E-state index >= 15 is 0 Å². The van der Waals surface area contributed by atoms with Gasteiger partial charge in [0.1, 0.15) is 5.52 Å². The summed E-state index contributed by atoms with van der Waals surface area (Å²) < 4.78 is 0. The van der Waals surface area contributed by atoms with E-state index in [2.05, 4.69) is 25.3 Å². The second-order valence-electron chi connectivity index (χ2n) is 4.06. The molecule has 6 nitrogen and oxygen atoms in total. The lowest BCUT2D eigenvalue weighted by atomic mass is 9.85. The molecule has 2 heterocycles. The minimum Gasteiger partial charge on any atom is -0.341 e. The number of H-pyrrole nitrogens is 1. The lowest BCUT2D eigenvalue weighted by molar-refractivity contribution is -0.122. The molecular weight excluding hydrogens is 242 g/mol. The average molecular weight is 252 g/mol. The van der Waals surface area contributed by atoms with Crippen LogP contribution in [-0.2, 0) is 4.79 Å². The first-order chi connectivity index (χ1) is 8.24. The molecule has 0 atom stereocenters. The molecule has 17 heavy (non-hydrogen) atoms. The predicted molar refractivity (Wildman–Crippen MR) is 62.7 cm³/mol. The first-order valence-corrected chi connectivity index (χ1v) is 5.79. The van der Waals surface area contributed by atoms with Gasteiger partial charge >= 0.3 is 0 Å². The van der Waals surface area contributed by atoms with Gasteiger partial charge in [-0.1, -0.05) is 18.0 Å². The first-order valence-electron chi connectivity index (χ1n) is 5.41. The third-order valence-electron chi connectivity index (χ3n) is 2.95. The molecule has 0 bridgehead atoms. The second-order valence-corrected chi connectivity index (χ2v) is 4.41. The summed E-state index contributed by atoms with van der Waals surface area (Å²) in [6.07, 6.45) is 4.47. The molecule has 7 heteroatoms. The van der Waals surface area contributed by atoms with Gasteiger partial charge in [0.2, 0.25) is 11.9 Å². The molecule has 2 aromatic heterocycles. The Kier molecular flexibility index (Phi) is 2.44. The predicted octanol–water partition coefficient (Wildman–Crippen LogP) is 1.74. The van der Waals surface area contributed by atoms with Crippen molar-refractivity contribution in [3.63, 3.8) is 0 Å². The molecule has 1 saturated carbocycles. The number of halogens is 1. The first kappa shape index (κ1) is 10.5. The van der Waals surface area contributed by atoms with Crippen LogP contribution >= 0.6 is 11.6 Å². The summed E-state index contributed by atoms with van der Waals surface area (Å²) in [5.41, 5.74) is 1.03. The fourth-order valence-corrected chi connectivity index (χ4v) is 1.96. The Morgan fingerprint density at radius 3 is 3.00 bits per heavy atom.